The molecule has 2 aliphatic heterocycles. The lowest BCUT2D eigenvalue weighted by Crippen LogP contribution is -2.41. The molecule has 0 saturated carbocycles. The molecular weight excluding hydrogens is 252 g/mol. The quantitative estimate of drug-likeness (QED) is 0.831. The molecule has 0 aromatic carbocycles. The number of hydrogen-bond acceptors (Lipinski definition) is 2. The third-order valence-corrected chi connectivity index (χ3v) is 4.91. The molecule has 0 N–H and O–H groups in total. The Morgan fingerprint density at radius 3 is 2.55 bits per heavy atom. The summed E-state index contributed by atoms with van der Waals surface area (Å²) in [4.78, 5) is 14.5. The van der Waals surface area contributed by atoms with Crippen LogP contribution in [-0.2, 0) is 11.8 Å². The Morgan fingerprint density at radius 1 is 1.25 bits per heavy atom. The summed E-state index contributed by atoms with van der Waals surface area (Å²) in [6.45, 7) is 4.69. The van der Waals surface area contributed by atoms with Crippen molar-refractivity contribution in [3.8, 4) is 0 Å². The van der Waals surface area contributed by atoms with Crippen LogP contribution >= 0.6 is 0 Å². The topological polar surface area (TPSA) is 34.5 Å². The van der Waals surface area contributed by atoms with Crippen molar-refractivity contribution in [1.82, 2.24) is 9.47 Å². The highest BCUT2D eigenvalue weighted by Crippen LogP contribution is 2.29. The van der Waals surface area contributed by atoms with E-state index in [-0.39, 0.29) is 5.91 Å². The smallest absolute Gasteiger partial charge is 0.270 e. The van der Waals surface area contributed by atoms with E-state index in [2.05, 4.69) is 0 Å². The van der Waals surface area contributed by atoms with Gasteiger partial charge in [0.15, 0.2) is 0 Å². The Hall–Kier alpha value is -1.29. The van der Waals surface area contributed by atoms with E-state index in [0.29, 0.717) is 12.0 Å². The van der Waals surface area contributed by atoms with Crippen molar-refractivity contribution in [2.24, 2.45) is 13.0 Å². The van der Waals surface area contributed by atoms with Crippen LogP contribution in [0.2, 0.25) is 0 Å². The van der Waals surface area contributed by atoms with Crippen LogP contribution in [0.15, 0.2) is 12.1 Å². The zero-order valence-electron chi connectivity index (χ0n) is 12.5. The molecule has 1 unspecified atom stereocenters. The fraction of sp³-hybridized carbons (Fsp3) is 0.688. The number of carbonyl (C=O) groups excluding carboxylic acids is 1. The number of likely N-dealkylation sites (tertiary alicyclic amines) is 1. The van der Waals surface area contributed by atoms with Gasteiger partial charge in [-0.1, -0.05) is 0 Å². The number of hydrogen-bond donors (Lipinski definition) is 0. The van der Waals surface area contributed by atoms with Gasteiger partial charge in [-0.15, -0.1) is 0 Å². The van der Waals surface area contributed by atoms with Crippen LogP contribution in [0.25, 0.3) is 0 Å². The Bertz CT molecular complexity index is 481. The first kappa shape index (κ1) is 13.7. The van der Waals surface area contributed by atoms with Gasteiger partial charge in [-0.3, -0.25) is 4.79 Å². The Morgan fingerprint density at radius 2 is 2.00 bits per heavy atom. The molecule has 2 fully saturated rings. The van der Waals surface area contributed by atoms with Crippen molar-refractivity contribution < 1.29 is 9.53 Å². The van der Waals surface area contributed by atoms with Gasteiger partial charge in [0, 0.05) is 32.4 Å². The van der Waals surface area contributed by atoms with Crippen molar-refractivity contribution in [1.29, 1.82) is 0 Å². The number of carbonyl (C=O) groups is 1. The van der Waals surface area contributed by atoms with Gasteiger partial charge in [0.25, 0.3) is 5.91 Å². The molecule has 20 heavy (non-hydrogen) atoms. The minimum absolute atomic E-state index is 0.173. The molecule has 2 aliphatic rings. The summed E-state index contributed by atoms with van der Waals surface area (Å²) in [7, 11) is 1.96. The zero-order chi connectivity index (χ0) is 14.1. The maximum Gasteiger partial charge on any atom is 0.270 e. The van der Waals surface area contributed by atoms with Crippen LogP contribution in [0, 0.1) is 12.8 Å². The van der Waals surface area contributed by atoms with E-state index < -0.39 is 0 Å². The monoisotopic (exact) mass is 276 g/mol. The maximum atomic E-state index is 12.5. The molecular formula is C16H24N2O2. The minimum Gasteiger partial charge on any atom is -0.378 e. The highest BCUT2D eigenvalue weighted by molar-refractivity contribution is 5.93. The van der Waals surface area contributed by atoms with E-state index in [1.165, 1.54) is 12.8 Å². The second kappa shape index (κ2) is 5.60. The van der Waals surface area contributed by atoms with Gasteiger partial charge in [0.1, 0.15) is 5.69 Å². The number of ether oxygens (including phenoxy) is 1. The molecule has 1 aromatic rings. The van der Waals surface area contributed by atoms with E-state index in [4.69, 9.17) is 4.74 Å². The first-order valence-electron chi connectivity index (χ1n) is 7.70. The number of aryl methyl sites for hydroxylation is 1. The molecule has 4 nitrogen and oxygen atoms in total. The summed E-state index contributed by atoms with van der Waals surface area (Å²) in [5, 5.41) is 0. The Kier molecular flexibility index (Phi) is 3.83. The predicted octanol–water partition coefficient (Wildman–Crippen LogP) is 2.36. The second-order valence-corrected chi connectivity index (χ2v) is 6.10. The van der Waals surface area contributed by atoms with Crippen molar-refractivity contribution >= 4 is 5.91 Å². The first-order chi connectivity index (χ1) is 9.66. The summed E-state index contributed by atoms with van der Waals surface area (Å²) < 4.78 is 7.77. The van der Waals surface area contributed by atoms with Gasteiger partial charge < -0.3 is 14.2 Å². The number of aromatic nitrogens is 1. The molecule has 0 aliphatic carbocycles. The highest BCUT2D eigenvalue weighted by Gasteiger charge is 2.31. The van der Waals surface area contributed by atoms with E-state index >= 15 is 0 Å². The van der Waals surface area contributed by atoms with Crippen molar-refractivity contribution in [2.45, 2.75) is 38.7 Å². The largest absolute Gasteiger partial charge is 0.378 e. The Labute approximate surface area is 120 Å². The predicted molar refractivity (Wildman–Crippen MR) is 77.8 cm³/mol. The lowest BCUT2D eigenvalue weighted by molar-refractivity contribution is 0.0288. The third-order valence-electron chi connectivity index (χ3n) is 4.91. The van der Waals surface area contributed by atoms with Crippen LogP contribution in [0.3, 0.4) is 0 Å². The van der Waals surface area contributed by atoms with Gasteiger partial charge in [-0.25, -0.2) is 0 Å². The van der Waals surface area contributed by atoms with Gasteiger partial charge in [-0.2, -0.15) is 0 Å². The summed E-state index contributed by atoms with van der Waals surface area (Å²) in [5.41, 5.74) is 1.93. The lowest BCUT2D eigenvalue weighted by Gasteiger charge is -2.34. The van der Waals surface area contributed by atoms with Gasteiger partial charge in [0.2, 0.25) is 0 Å². The molecule has 3 heterocycles. The molecule has 2 saturated heterocycles. The Balaban J connectivity index is 1.60. The normalized spacial score (nSPS) is 24.3. The van der Waals surface area contributed by atoms with E-state index in [1.54, 1.807) is 0 Å². The molecule has 0 radical (unpaired) electrons. The van der Waals surface area contributed by atoms with Crippen LogP contribution in [-0.4, -0.2) is 41.2 Å². The molecule has 1 amide bonds. The molecule has 0 spiro atoms. The average Bonchev–Trinajstić information content (AvgIpc) is 3.10. The molecule has 1 aromatic heterocycles. The lowest BCUT2D eigenvalue weighted by atomic mass is 9.90. The SMILES string of the molecule is Cc1ccc(C(=O)N2CCC(C3CCCO3)CC2)n1C. The molecule has 4 heteroatoms. The van der Waals surface area contributed by atoms with E-state index in [0.717, 1.165) is 43.9 Å². The van der Waals surface area contributed by atoms with Crippen LogP contribution < -0.4 is 0 Å². The van der Waals surface area contributed by atoms with Crippen molar-refractivity contribution in [2.75, 3.05) is 19.7 Å². The highest BCUT2D eigenvalue weighted by atomic mass is 16.5. The second-order valence-electron chi connectivity index (χ2n) is 6.10. The standard InChI is InChI=1S/C16H24N2O2/c1-12-5-6-14(17(12)2)16(19)18-9-7-13(8-10-18)15-4-3-11-20-15/h5-6,13,15H,3-4,7-11H2,1-2H3. The van der Waals surface area contributed by atoms with E-state index in [1.807, 2.05) is 35.6 Å². The summed E-state index contributed by atoms with van der Waals surface area (Å²) in [6.07, 6.45) is 5.02. The summed E-state index contributed by atoms with van der Waals surface area (Å²) in [5.74, 6) is 0.822. The number of piperidine rings is 1. The maximum absolute atomic E-state index is 12.5. The minimum atomic E-state index is 0.173. The third kappa shape index (κ3) is 2.49. The van der Waals surface area contributed by atoms with Gasteiger partial charge >= 0.3 is 0 Å². The van der Waals surface area contributed by atoms with Crippen LogP contribution in [0.5, 0.6) is 0 Å². The molecule has 0 bridgehead atoms. The fourth-order valence-corrected chi connectivity index (χ4v) is 3.44. The zero-order valence-corrected chi connectivity index (χ0v) is 12.5. The number of amides is 1. The van der Waals surface area contributed by atoms with E-state index in [9.17, 15) is 4.79 Å². The van der Waals surface area contributed by atoms with Gasteiger partial charge in [0.05, 0.1) is 6.10 Å². The fourth-order valence-electron chi connectivity index (χ4n) is 3.44. The molecule has 3 rings (SSSR count). The first-order valence-corrected chi connectivity index (χ1v) is 7.70. The number of nitrogens with zero attached hydrogens (tertiary/aromatic N) is 2. The van der Waals surface area contributed by atoms with Crippen LogP contribution in [0.4, 0.5) is 0 Å². The van der Waals surface area contributed by atoms with Crippen LogP contribution in [0.1, 0.15) is 41.9 Å². The van der Waals surface area contributed by atoms with Crippen molar-refractivity contribution in [3.63, 3.8) is 0 Å². The van der Waals surface area contributed by atoms with Crippen molar-refractivity contribution in [3.05, 3.63) is 23.5 Å². The molecule has 110 valence electrons. The average molecular weight is 276 g/mol. The molecule has 1 atom stereocenters. The summed E-state index contributed by atoms with van der Waals surface area (Å²) in [6, 6.07) is 3.94. The summed E-state index contributed by atoms with van der Waals surface area (Å²) >= 11 is 0. The number of rotatable bonds is 2. The van der Waals surface area contributed by atoms with Gasteiger partial charge in [-0.05, 0) is 50.7 Å².